The molecule has 0 aromatic heterocycles. The molecular weight excluding hydrogens is 761 g/mol. The number of fused-ring (bicyclic) bond motifs is 2. The summed E-state index contributed by atoms with van der Waals surface area (Å²) in [6, 6.07) is 39.7. The first-order valence-electron chi connectivity index (χ1n) is 16.2. The third-order valence-electron chi connectivity index (χ3n) is 8.41. The van der Waals surface area contributed by atoms with Crippen molar-refractivity contribution in [2.24, 2.45) is 0 Å². The summed E-state index contributed by atoms with van der Waals surface area (Å²) in [6.07, 6.45) is 4.88. The molecule has 4 heterocycles. The molecule has 0 radical (unpaired) electrons. The van der Waals surface area contributed by atoms with Crippen molar-refractivity contribution in [1.29, 1.82) is 0 Å². The number of rotatable bonds is 6. The lowest BCUT2D eigenvalue weighted by atomic mass is 9.97. The fourth-order valence-corrected chi connectivity index (χ4v) is 16.1. The molecule has 0 atom stereocenters. The molecule has 0 nitrogen and oxygen atoms in total. The highest BCUT2D eigenvalue weighted by Crippen LogP contribution is 2.60. The summed E-state index contributed by atoms with van der Waals surface area (Å²) < 4.78 is 5.34. The van der Waals surface area contributed by atoms with E-state index in [0.717, 1.165) is 0 Å². The van der Waals surface area contributed by atoms with E-state index in [1.165, 1.54) is 89.6 Å². The van der Waals surface area contributed by atoms with E-state index in [4.69, 9.17) is 0 Å². The monoisotopic (exact) mass is 792 g/mol. The number of hydrogen-bond donors (Lipinski definition) is 0. The molecule has 4 aromatic rings. The Morgan fingerprint density at radius 1 is 0.340 bits per heavy atom. The van der Waals surface area contributed by atoms with Crippen molar-refractivity contribution >= 4 is 105 Å². The SMILES string of the molecule is CC1=C(C)SC(=C(C(/C=C/C(=C2Sc3ccccc3S2)C(=C2SC(C)=C(C)S2)c2ccccc2)=C2Sc3ccccc3S2)c2ccccc2)S1. The number of benzene rings is 4. The van der Waals surface area contributed by atoms with Crippen LogP contribution in [0.5, 0.6) is 0 Å². The van der Waals surface area contributed by atoms with E-state index >= 15 is 0 Å². The molecule has 0 fully saturated rings. The molecule has 4 aromatic carbocycles. The quantitative estimate of drug-likeness (QED) is 0.187. The average molecular weight is 793 g/mol. The second kappa shape index (κ2) is 15.5. The van der Waals surface area contributed by atoms with E-state index in [-0.39, 0.29) is 0 Å². The van der Waals surface area contributed by atoms with E-state index in [1.54, 1.807) is 0 Å². The Hall–Kier alpha value is -2.14. The molecule has 4 aliphatic heterocycles. The summed E-state index contributed by atoms with van der Waals surface area (Å²) in [5.74, 6) is 0. The van der Waals surface area contributed by atoms with Gasteiger partial charge in [-0.05, 0) is 82.7 Å². The van der Waals surface area contributed by atoms with Crippen LogP contribution in [0.1, 0.15) is 38.8 Å². The normalized spacial score (nSPS) is 17.0. The first kappa shape index (κ1) is 34.9. The zero-order chi connectivity index (χ0) is 34.2. The van der Waals surface area contributed by atoms with Gasteiger partial charge in [0, 0.05) is 41.9 Å². The molecule has 248 valence electrons. The van der Waals surface area contributed by atoms with Crippen molar-refractivity contribution in [3.63, 3.8) is 0 Å². The van der Waals surface area contributed by atoms with Gasteiger partial charge in [0.15, 0.2) is 0 Å². The topological polar surface area (TPSA) is 0 Å². The molecule has 50 heavy (non-hydrogen) atoms. The van der Waals surface area contributed by atoms with Crippen LogP contribution in [0.2, 0.25) is 0 Å². The lowest BCUT2D eigenvalue weighted by Crippen LogP contribution is -1.95. The molecule has 0 N–H and O–H groups in total. The molecule has 4 aliphatic rings. The fourth-order valence-electron chi connectivity index (χ4n) is 5.64. The van der Waals surface area contributed by atoms with Crippen LogP contribution in [0.15, 0.2) is 189 Å². The number of hydrogen-bond acceptors (Lipinski definition) is 8. The minimum Gasteiger partial charge on any atom is -0.0860 e. The van der Waals surface area contributed by atoms with Crippen LogP contribution in [0.25, 0.3) is 11.1 Å². The van der Waals surface area contributed by atoms with Crippen molar-refractivity contribution in [2.45, 2.75) is 47.3 Å². The first-order valence-corrected chi connectivity index (χ1v) is 22.7. The standard InChI is InChI=1S/C42H32S8/c1-25-26(2)44-41(43-25)37(29-15-7-5-8-16-29)31(39-47-33-19-11-12-20-34(33)48-39)23-24-32(40-49-35-21-13-14-22-36(35)50-40)38(30-17-9-6-10-18-30)42-45-27(3)28(4)46-42/h5-24H,1-4H3/b24-23+. The van der Waals surface area contributed by atoms with Crippen LogP contribution in [0.4, 0.5) is 0 Å². The van der Waals surface area contributed by atoms with Gasteiger partial charge >= 0.3 is 0 Å². The minimum atomic E-state index is 1.25. The predicted octanol–water partition coefficient (Wildman–Crippen LogP) is 16.0. The molecule has 0 saturated heterocycles. The second-order valence-corrected chi connectivity index (χ2v) is 21.9. The third-order valence-corrected chi connectivity index (χ3v) is 18.9. The summed E-state index contributed by atoms with van der Waals surface area (Å²) >= 11 is 15.3. The maximum Gasteiger partial charge on any atom is 0.0578 e. The van der Waals surface area contributed by atoms with Gasteiger partial charge in [0.2, 0.25) is 0 Å². The Kier molecular flexibility index (Phi) is 10.8. The van der Waals surface area contributed by atoms with Gasteiger partial charge in [-0.3, -0.25) is 0 Å². The largest absolute Gasteiger partial charge is 0.0860 e. The fraction of sp³-hybridized carbons (Fsp3) is 0.0952. The molecule has 8 rings (SSSR count). The molecule has 8 heteroatoms. The van der Waals surface area contributed by atoms with Crippen molar-refractivity contribution in [3.05, 3.63) is 180 Å². The van der Waals surface area contributed by atoms with Crippen LogP contribution in [-0.4, -0.2) is 0 Å². The van der Waals surface area contributed by atoms with E-state index in [0.29, 0.717) is 0 Å². The molecule has 0 saturated carbocycles. The van der Waals surface area contributed by atoms with Gasteiger partial charge in [0.1, 0.15) is 0 Å². The lowest BCUT2D eigenvalue weighted by molar-refractivity contribution is 1.27. The highest BCUT2D eigenvalue weighted by atomic mass is 32.2. The highest BCUT2D eigenvalue weighted by Gasteiger charge is 2.29. The maximum absolute atomic E-state index is 2.44. The van der Waals surface area contributed by atoms with Gasteiger partial charge in [0.05, 0.1) is 16.9 Å². The van der Waals surface area contributed by atoms with Gasteiger partial charge in [-0.15, -0.1) is 0 Å². The number of thioether (sulfide) groups is 8. The van der Waals surface area contributed by atoms with Crippen LogP contribution >= 0.6 is 94.1 Å². The van der Waals surface area contributed by atoms with Crippen molar-refractivity contribution < 1.29 is 0 Å². The summed E-state index contributed by atoms with van der Waals surface area (Å²) in [7, 11) is 0. The summed E-state index contributed by atoms with van der Waals surface area (Å²) in [5, 5.41) is 0. The predicted molar refractivity (Wildman–Crippen MR) is 233 cm³/mol. The van der Waals surface area contributed by atoms with Gasteiger partial charge < -0.3 is 0 Å². The second-order valence-electron chi connectivity index (χ2n) is 11.7. The van der Waals surface area contributed by atoms with E-state index < -0.39 is 0 Å². The van der Waals surface area contributed by atoms with Crippen LogP contribution in [0, 0.1) is 0 Å². The summed E-state index contributed by atoms with van der Waals surface area (Å²) in [6.45, 7) is 9.01. The highest BCUT2D eigenvalue weighted by molar-refractivity contribution is 8.29. The Balaban J connectivity index is 1.36. The van der Waals surface area contributed by atoms with Crippen LogP contribution in [0.3, 0.4) is 0 Å². The van der Waals surface area contributed by atoms with Gasteiger partial charge in [-0.25, -0.2) is 0 Å². The van der Waals surface area contributed by atoms with Crippen molar-refractivity contribution in [3.8, 4) is 0 Å². The molecule has 0 unspecified atom stereocenters. The van der Waals surface area contributed by atoms with E-state index in [9.17, 15) is 0 Å². The molecule has 0 aliphatic carbocycles. The zero-order valence-corrected chi connectivity index (χ0v) is 34.3. The van der Waals surface area contributed by atoms with E-state index in [2.05, 4.69) is 149 Å². The minimum absolute atomic E-state index is 1.25. The summed E-state index contributed by atoms with van der Waals surface area (Å²) in [4.78, 5) is 10.8. The van der Waals surface area contributed by atoms with Gasteiger partial charge in [-0.2, -0.15) is 0 Å². The van der Waals surface area contributed by atoms with Gasteiger partial charge in [-0.1, -0.05) is 191 Å². The Morgan fingerprint density at radius 2 is 0.620 bits per heavy atom. The molecule has 0 amide bonds. The smallest absolute Gasteiger partial charge is 0.0578 e. The Morgan fingerprint density at radius 3 is 0.920 bits per heavy atom. The van der Waals surface area contributed by atoms with Crippen molar-refractivity contribution in [1.82, 2.24) is 0 Å². The first-order chi connectivity index (χ1) is 24.4. The van der Waals surface area contributed by atoms with Crippen LogP contribution < -0.4 is 0 Å². The lowest BCUT2D eigenvalue weighted by Gasteiger charge is -2.18. The Bertz CT molecular complexity index is 1990. The van der Waals surface area contributed by atoms with Crippen molar-refractivity contribution in [2.75, 3.05) is 0 Å². The molecule has 0 bridgehead atoms. The number of allylic oxidation sites excluding steroid dienone is 10. The third kappa shape index (κ3) is 7.25. The average Bonchev–Trinajstić information content (AvgIpc) is 3.92. The maximum atomic E-state index is 2.44. The van der Waals surface area contributed by atoms with E-state index in [1.807, 2.05) is 94.1 Å². The van der Waals surface area contributed by atoms with Gasteiger partial charge in [0.25, 0.3) is 0 Å². The molecular formula is C42H32S8. The Labute approximate surface area is 329 Å². The zero-order valence-electron chi connectivity index (χ0n) is 27.8. The van der Waals surface area contributed by atoms with Crippen LogP contribution in [-0.2, 0) is 0 Å². The summed E-state index contributed by atoms with van der Waals surface area (Å²) in [5.41, 5.74) is 7.67. The molecule has 0 spiro atoms.